The topological polar surface area (TPSA) is 123 Å². The van der Waals surface area contributed by atoms with Crippen LogP contribution in [0.5, 0.6) is 0 Å². The lowest BCUT2D eigenvalue weighted by Gasteiger charge is -2.07. The zero-order valence-electron chi connectivity index (χ0n) is 11.2. The maximum atomic E-state index is 12.1. The van der Waals surface area contributed by atoms with Gasteiger partial charge < -0.3 is 15.2 Å². The lowest BCUT2D eigenvalue weighted by molar-refractivity contribution is -0.385. The number of rotatable bonds is 6. The lowest BCUT2D eigenvalue weighted by atomic mass is 10.2. The van der Waals surface area contributed by atoms with Gasteiger partial charge >= 0.3 is 0 Å². The molecule has 0 aromatic carbocycles. The predicted molar refractivity (Wildman–Crippen MR) is 72.7 cm³/mol. The van der Waals surface area contributed by atoms with Crippen molar-refractivity contribution in [3.8, 4) is 0 Å². The molecule has 0 saturated heterocycles. The first-order valence-electron chi connectivity index (χ1n) is 6.17. The van der Waals surface area contributed by atoms with E-state index in [1.165, 1.54) is 12.3 Å². The summed E-state index contributed by atoms with van der Waals surface area (Å²) in [6, 6.07) is 2.94. The average molecular weight is 291 g/mol. The molecule has 0 radical (unpaired) electrons. The number of nitrogens with one attached hydrogen (secondary N) is 2. The molecule has 2 heterocycles. The van der Waals surface area contributed by atoms with Crippen LogP contribution in [0.15, 0.2) is 29.1 Å². The van der Waals surface area contributed by atoms with Gasteiger partial charge in [-0.1, -0.05) is 5.16 Å². The van der Waals surface area contributed by atoms with Crippen LogP contribution in [0, 0.1) is 10.1 Å². The fourth-order valence-corrected chi connectivity index (χ4v) is 1.65. The van der Waals surface area contributed by atoms with Crippen LogP contribution in [0.25, 0.3) is 0 Å². The van der Waals surface area contributed by atoms with E-state index in [2.05, 4.69) is 25.3 Å². The molecule has 2 rings (SSSR count). The van der Waals surface area contributed by atoms with E-state index in [9.17, 15) is 14.9 Å². The first-order valence-corrected chi connectivity index (χ1v) is 6.17. The Bertz CT molecular complexity index is 641. The Morgan fingerprint density at radius 2 is 2.33 bits per heavy atom. The number of anilines is 1. The van der Waals surface area contributed by atoms with Crippen molar-refractivity contribution in [1.82, 2.24) is 15.5 Å². The van der Waals surface area contributed by atoms with Crippen LogP contribution in [0.3, 0.4) is 0 Å². The Hall–Kier alpha value is -2.97. The van der Waals surface area contributed by atoms with Gasteiger partial charge in [0.2, 0.25) is 0 Å². The highest BCUT2D eigenvalue weighted by atomic mass is 16.6. The van der Waals surface area contributed by atoms with Crippen LogP contribution in [-0.2, 0) is 6.54 Å². The molecule has 21 heavy (non-hydrogen) atoms. The summed E-state index contributed by atoms with van der Waals surface area (Å²) in [5.74, 6) is -0.180. The Morgan fingerprint density at radius 3 is 2.95 bits per heavy atom. The van der Waals surface area contributed by atoms with E-state index in [-0.39, 0.29) is 17.8 Å². The van der Waals surface area contributed by atoms with E-state index >= 15 is 0 Å². The molecule has 0 aliphatic heterocycles. The minimum absolute atomic E-state index is 0.0607. The number of amides is 1. The molecule has 9 heteroatoms. The van der Waals surface area contributed by atoms with Gasteiger partial charge in [0.15, 0.2) is 0 Å². The summed E-state index contributed by atoms with van der Waals surface area (Å²) in [6.45, 7) is 2.56. The van der Waals surface area contributed by atoms with Crippen molar-refractivity contribution < 1.29 is 14.2 Å². The number of hydrogen-bond acceptors (Lipinski definition) is 7. The molecule has 0 saturated carbocycles. The van der Waals surface area contributed by atoms with Crippen LogP contribution < -0.4 is 10.6 Å². The molecule has 2 aromatic rings. The number of aromatic nitrogens is 2. The van der Waals surface area contributed by atoms with Gasteiger partial charge in [-0.25, -0.2) is 4.98 Å². The van der Waals surface area contributed by atoms with Gasteiger partial charge in [0.1, 0.15) is 29.5 Å². The van der Waals surface area contributed by atoms with Gasteiger partial charge in [0.25, 0.3) is 11.6 Å². The van der Waals surface area contributed by atoms with Crippen LogP contribution in [0.4, 0.5) is 11.5 Å². The molecule has 0 bridgehead atoms. The van der Waals surface area contributed by atoms with Gasteiger partial charge in [-0.15, -0.1) is 0 Å². The third kappa shape index (κ3) is 3.53. The van der Waals surface area contributed by atoms with Crippen LogP contribution in [-0.4, -0.2) is 27.5 Å². The second-order valence-corrected chi connectivity index (χ2v) is 4.05. The molecule has 2 aromatic heterocycles. The first kappa shape index (κ1) is 14.4. The van der Waals surface area contributed by atoms with E-state index in [1.54, 1.807) is 6.07 Å². The smallest absolute Gasteiger partial charge is 0.300 e. The fourth-order valence-electron chi connectivity index (χ4n) is 1.65. The molecule has 110 valence electrons. The maximum absolute atomic E-state index is 12.1. The largest absolute Gasteiger partial charge is 0.370 e. The molecule has 1 amide bonds. The summed E-state index contributed by atoms with van der Waals surface area (Å²) >= 11 is 0. The number of pyridine rings is 1. The third-order valence-electron chi connectivity index (χ3n) is 2.60. The number of carbonyl (C=O) groups excluding carboxylic acids is 1. The van der Waals surface area contributed by atoms with Crippen molar-refractivity contribution in [3.63, 3.8) is 0 Å². The monoisotopic (exact) mass is 291 g/mol. The lowest BCUT2D eigenvalue weighted by Crippen LogP contribution is -2.24. The SMILES string of the molecule is CCNc1cc(C(=O)NCc2ccon2)c([N+](=O)[O-])cn1. The molecular weight excluding hydrogens is 278 g/mol. The summed E-state index contributed by atoms with van der Waals surface area (Å²) in [7, 11) is 0. The summed E-state index contributed by atoms with van der Waals surface area (Å²) in [4.78, 5) is 26.3. The quantitative estimate of drug-likeness (QED) is 0.608. The van der Waals surface area contributed by atoms with Gasteiger partial charge in [0.05, 0.1) is 11.5 Å². The molecule has 0 unspecified atom stereocenters. The van der Waals surface area contributed by atoms with Crippen molar-refractivity contribution in [2.45, 2.75) is 13.5 Å². The van der Waals surface area contributed by atoms with Crippen molar-refractivity contribution in [2.75, 3.05) is 11.9 Å². The Balaban J connectivity index is 2.20. The van der Waals surface area contributed by atoms with Crippen LogP contribution in [0.1, 0.15) is 23.0 Å². The normalized spacial score (nSPS) is 10.1. The molecular formula is C12H13N5O4. The van der Waals surface area contributed by atoms with Gasteiger partial charge in [-0.3, -0.25) is 14.9 Å². The van der Waals surface area contributed by atoms with Crippen molar-refractivity contribution in [1.29, 1.82) is 0 Å². The number of carbonyl (C=O) groups is 1. The summed E-state index contributed by atoms with van der Waals surface area (Å²) < 4.78 is 4.64. The number of hydrogen-bond donors (Lipinski definition) is 2. The summed E-state index contributed by atoms with van der Waals surface area (Å²) in [5.41, 5.74) is 0.107. The van der Waals surface area contributed by atoms with Crippen LogP contribution >= 0.6 is 0 Å². The average Bonchev–Trinajstić information content (AvgIpc) is 2.98. The minimum Gasteiger partial charge on any atom is -0.370 e. The molecule has 0 spiro atoms. The van der Waals surface area contributed by atoms with E-state index in [1.807, 2.05) is 6.92 Å². The van der Waals surface area contributed by atoms with Crippen LogP contribution in [0.2, 0.25) is 0 Å². The number of nitrogens with zero attached hydrogens (tertiary/aromatic N) is 3. The molecule has 0 aliphatic rings. The van der Waals surface area contributed by atoms with E-state index in [0.717, 1.165) is 6.20 Å². The number of nitro groups is 1. The van der Waals surface area contributed by atoms with Crippen molar-refractivity contribution in [3.05, 3.63) is 46.0 Å². The third-order valence-corrected chi connectivity index (χ3v) is 2.60. The predicted octanol–water partition coefficient (Wildman–Crippen LogP) is 1.34. The second-order valence-electron chi connectivity index (χ2n) is 4.05. The standard InChI is InChI=1S/C12H13N5O4/c1-2-13-11-5-9(10(7-14-11)17(19)20)12(18)15-6-8-3-4-21-16-8/h3-5,7H,2,6H2,1H3,(H,13,14)(H,15,18). The summed E-state index contributed by atoms with van der Waals surface area (Å²) in [6.07, 6.45) is 2.43. The first-order chi connectivity index (χ1) is 10.1. The molecule has 9 nitrogen and oxygen atoms in total. The van der Waals surface area contributed by atoms with Gasteiger partial charge in [-0.2, -0.15) is 0 Å². The van der Waals surface area contributed by atoms with E-state index in [4.69, 9.17) is 0 Å². The Morgan fingerprint density at radius 1 is 1.52 bits per heavy atom. The molecule has 2 N–H and O–H groups in total. The van der Waals surface area contributed by atoms with Gasteiger partial charge in [0, 0.05) is 18.7 Å². The molecule has 0 atom stereocenters. The van der Waals surface area contributed by atoms with Crippen molar-refractivity contribution >= 4 is 17.4 Å². The Labute approximate surface area is 119 Å². The summed E-state index contributed by atoms with van der Waals surface area (Å²) in [5, 5.41) is 20.0. The van der Waals surface area contributed by atoms with Crippen molar-refractivity contribution in [2.24, 2.45) is 0 Å². The van der Waals surface area contributed by atoms with Gasteiger partial charge in [-0.05, 0) is 6.92 Å². The highest BCUT2D eigenvalue weighted by Gasteiger charge is 2.21. The zero-order valence-corrected chi connectivity index (χ0v) is 11.2. The molecule has 0 aliphatic carbocycles. The minimum atomic E-state index is -0.645. The zero-order chi connectivity index (χ0) is 15.2. The maximum Gasteiger partial charge on any atom is 0.300 e. The Kier molecular flexibility index (Phi) is 4.44. The fraction of sp³-hybridized carbons (Fsp3) is 0.250. The highest BCUT2D eigenvalue weighted by molar-refractivity contribution is 5.98. The molecule has 0 fully saturated rings. The van der Waals surface area contributed by atoms with E-state index in [0.29, 0.717) is 18.1 Å². The second kappa shape index (κ2) is 6.46. The highest BCUT2D eigenvalue weighted by Crippen LogP contribution is 2.20. The van der Waals surface area contributed by atoms with E-state index < -0.39 is 10.8 Å².